The molecule has 1 heterocycles. The molecule has 0 aliphatic rings. The Bertz CT molecular complexity index is 386. The van der Waals surface area contributed by atoms with E-state index < -0.39 is 0 Å². The minimum absolute atomic E-state index is 0.146. The molecule has 0 atom stereocenters. The predicted molar refractivity (Wildman–Crippen MR) is 60.3 cm³/mol. The molecular weight excluding hydrogens is 236 g/mol. The van der Waals surface area contributed by atoms with Crippen LogP contribution in [0.25, 0.3) is 10.4 Å². The van der Waals surface area contributed by atoms with Crippen LogP contribution in [0.15, 0.2) is 17.2 Å². The molecule has 0 saturated carbocycles. The molecule has 0 aliphatic carbocycles. The smallest absolute Gasteiger partial charge is 0.261 e. The van der Waals surface area contributed by atoms with Crippen LogP contribution < -0.4 is 5.32 Å². The molecule has 0 aromatic carbocycles. The van der Waals surface area contributed by atoms with Crippen molar-refractivity contribution in [1.82, 2.24) is 5.32 Å². The third kappa shape index (κ3) is 4.20. The molecule has 0 bridgehead atoms. The number of azide groups is 1. The summed E-state index contributed by atoms with van der Waals surface area (Å²) in [6, 6.07) is 3.36. The Kier molecular flexibility index (Phi) is 4.97. The predicted octanol–water partition coefficient (Wildman–Crippen LogP) is 2.83. The summed E-state index contributed by atoms with van der Waals surface area (Å²) in [6.07, 6.45) is 0.634. The lowest BCUT2D eigenvalue weighted by Gasteiger charge is -2.00. The van der Waals surface area contributed by atoms with E-state index in [4.69, 9.17) is 17.1 Å². The van der Waals surface area contributed by atoms with Crippen LogP contribution in [-0.4, -0.2) is 19.0 Å². The van der Waals surface area contributed by atoms with E-state index in [2.05, 4.69) is 15.3 Å². The SMILES string of the molecule is [N-]=[N+]=NCCCNC(=O)c1ccc(Cl)s1. The Balaban J connectivity index is 2.27. The zero-order valence-corrected chi connectivity index (χ0v) is 9.38. The van der Waals surface area contributed by atoms with Crippen molar-refractivity contribution in [3.8, 4) is 0 Å². The van der Waals surface area contributed by atoms with Gasteiger partial charge < -0.3 is 5.32 Å². The van der Waals surface area contributed by atoms with Gasteiger partial charge in [-0.2, -0.15) is 0 Å². The summed E-state index contributed by atoms with van der Waals surface area (Å²) in [5.74, 6) is -0.146. The maximum Gasteiger partial charge on any atom is 0.261 e. The van der Waals surface area contributed by atoms with E-state index >= 15 is 0 Å². The van der Waals surface area contributed by atoms with Gasteiger partial charge in [0.1, 0.15) is 0 Å². The van der Waals surface area contributed by atoms with E-state index in [1.54, 1.807) is 12.1 Å². The zero-order chi connectivity index (χ0) is 11.1. The summed E-state index contributed by atoms with van der Waals surface area (Å²) >= 11 is 6.93. The number of thiophene rings is 1. The number of rotatable bonds is 5. The summed E-state index contributed by atoms with van der Waals surface area (Å²) in [6.45, 7) is 0.884. The maximum absolute atomic E-state index is 11.4. The highest BCUT2D eigenvalue weighted by atomic mass is 35.5. The van der Waals surface area contributed by atoms with E-state index in [1.165, 1.54) is 11.3 Å². The molecular formula is C8H9ClN4OS. The second kappa shape index (κ2) is 6.29. The van der Waals surface area contributed by atoms with E-state index in [0.717, 1.165) is 0 Å². The molecule has 15 heavy (non-hydrogen) atoms. The Morgan fingerprint density at radius 3 is 3.07 bits per heavy atom. The van der Waals surface area contributed by atoms with Gasteiger partial charge in [-0.25, -0.2) is 0 Å². The van der Waals surface area contributed by atoms with Crippen LogP contribution in [0.4, 0.5) is 0 Å². The van der Waals surface area contributed by atoms with Gasteiger partial charge in [0.2, 0.25) is 0 Å². The van der Waals surface area contributed by atoms with Gasteiger partial charge in [0, 0.05) is 18.0 Å². The number of hydrogen-bond donors (Lipinski definition) is 1. The third-order valence-electron chi connectivity index (χ3n) is 1.58. The Morgan fingerprint density at radius 1 is 1.67 bits per heavy atom. The molecule has 0 fully saturated rings. The molecule has 0 spiro atoms. The number of nitrogens with one attached hydrogen (secondary N) is 1. The fraction of sp³-hybridized carbons (Fsp3) is 0.375. The standard InChI is InChI=1S/C8H9ClN4OS/c9-7-3-2-6(15-7)8(14)11-4-1-5-12-13-10/h2-3H,1,4-5H2,(H,11,14). The highest BCUT2D eigenvalue weighted by Crippen LogP contribution is 2.20. The molecule has 1 aromatic heterocycles. The molecule has 7 heteroatoms. The maximum atomic E-state index is 11.4. The molecule has 1 amide bonds. The van der Waals surface area contributed by atoms with Crippen molar-refractivity contribution < 1.29 is 4.79 Å². The quantitative estimate of drug-likeness (QED) is 0.368. The fourth-order valence-electron chi connectivity index (χ4n) is 0.920. The van der Waals surface area contributed by atoms with Gasteiger partial charge in [0.25, 0.3) is 5.91 Å². The summed E-state index contributed by atoms with van der Waals surface area (Å²) in [4.78, 5) is 14.6. The first-order valence-electron chi connectivity index (χ1n) is 4.28. The van der Waals surface area contributed by atoms with Gasteiger partial charge in [-0.1, -0.05) is 16.7 Å². The van der Waals surface area contributed by atoms with Crippen molar-refractivity contribution in [2.75, 3.05) is 13.1 Å². The van der Waals surface area contributed by atoms with Crippen LogP contribution in [0.5, 0.6) is 0 Å². The average Bonchev–Trinajstić information content (AvgIpc) is 2.64. The van der Waals surface area contributed by atoms with Crippen LogP contribution in [0.1, 0.15) is 16.1 Å². The van der Waals surface area contributed by atoms with Crippen LogP contribution >= 0.6 is 22.9 Å². The summed E-state index contributed by atoms with van der Waals surface area (Å²) in [5, 5.41) is 6.06. The van der Waals surface area contributed by atoms with E-state index in [0.29, 0.717) is 28.7 Å². The zero-order valence-electron chi connectivity index (χ0n) is 7.81. The van der Waals surface area contributed by atoms with Crippen LogP contribution in [0.3, 0.4) is 0 Å². The molecule has 1 aromatic rings. The average molecular weight is 245 g/mol. The highest BCUT2D eigenvalue weighted by molar-refractivity contribution is 7.17. The molecule has 80 valence electrons. The second-order valence-electron chi connectivity index (χ2n) is 2.67. The lowest BCUT2D eigenvalue weighted by Crippen LogP contribution is -2.23. The first-order valence-corrected chi connectivity index (χ1v) is 5.48. The number of amides is 1. The number of halogens is 1. The number of carbonyl (C=O) groups is 1. The van der Waals surface area contributed by atoms with E-state index in [-0.39, 0.29) is 5.91 Å². The minimum atomic E-state index is -0.146. The van der Waals surface area contributed by atoms with Crippen LogP contribution in [0, 0.1) is 0 Å². The molecule has 1 N–H and O–H groups in total. The van der Waals surface area contributed by atoms with Crippen LogP contribution in [-0.2, 0) is 0 Å². The number of nitrogens with zero attached hydrogens (tertiary/aromatic N) is 3. The molecule has 0 unspecified atom stereocenters. The van der Waals surface area contributed by atoms with Gasteiger partial charge in [-0.3, -0.25) is 4.79 Å². The van der Waals surface area contributed by atoms with E-state index in [1.807, 2.05) is 0 Å². The van der Waals surface area contributed by atoms with Gasteiger partial charge in [-0.05, 0) is 24.1 Å². The van der Waals surface area contributed by atoms with Crippen molar-refractivity contribution >= 4 is 28.8 Å². The van der Waals surface area contributed by atoms with Gasteiger partial charge in [0.15, 0.2) is 0 Å². The van der Waals surface area contributed by atoms with Gasteiger partial charge in [-0.15, -0.1) is 11.3 Å². The largest absolute Gasteiger partial charge is 0.351 e. The van der Waals surface area contributed by atoms with Crippen molar-refractivity contribution in [2.45, 2.75) is 6.42 Å². The van der Waals surface area contributed by atoms with Crippen molar-refractivity contribution in [1.29, 1.82) is 0 Å². The lowest BCUT2D eigenvalue weighted by molar-refractivity contribution is 0.0957. The third-order valence-corrected chi connectivity index (χ3v) is 2.81. The van der Waals surface area contributed by atoms with Crippen LogP contribution in [0.2, 0.25) is 4.34 Å². The first-order chi connectivity index (χ1) is 7.24. The summed E-state index contributed by atoms with van der Waals surface area (Å²) in [5.41, 5.74) is 8.01. The molecule has 1 rings (SSSR count). The first kappa shape index (κ1) is 11.8. The minimum Gasteiger partial charge on any atom is -0.351 e. The van der Waals surface area contributed by atoms with Crippen molar-refractivity contribution in [3.05, 3.63) is 31.8 Å². The van der Waals surface area contributed by atoms with Crippen molar-refractivity contribution in [3.63, 3.8) is 0 Å². The molecule has 0 aliphatic heterocycles. The molecule has 5 nitrogen and oxygen atoms in total. The number of carbonyl (C=O) groups excluding carboxylic acids is 1. The highest BCUT2D eigenvalue weighted by Gasteiger charge is 2.06. The molecule has 0 saturated heterocycles. The summed E-state index contributed by atoms with van der Waals surface area (Å²) in [7, 11) is 0. The Morgan fingerprint density at radius 2 is 2.47 bits per heavy atom. The Labute approximate surface area is 95.7 Å². The van der Waals surface area contributed by atoms with Gasteiger partial charge >= 0.3 is 0 Å². The normalized spacial score (nSPS) is 9.40. The van der Waals surface area contributed by atoms with Crippen molar-refractivity contribution in [2.24, 2.45) is 5.11 Å². The topological polar surface area (TPSA) is 77.9 Å². The monoisotopic (exact) mass is 244 g/mol. The Hall–Kier alpha value is -1.23. The van der Waals surface area contributed by atoms with E-state index in [9.17, 15) is 4.79 Å². The number of hydrogen-bond acceptors (Lipinski definition) is 3. The lowest BCUT2D eigenvalue weighted by atomic mass is 10.4. The van der Waals surface area contributed by atoms with Gasteiger partial charge in [0.05, 0.1) is 9.21 Å². The summed E-state index contributed by atoms with van der Waals surface area (Å²) < 4.78 is 0.592. The fourth-order valence-corrected chi connectivity index (χ4v) is 1.88. The molecule has 0 radical (unpaired) electrons. The second-order valence-corrected chi connectivity index (χ2v) is 4.38.